The maximum Gasteiger partial charge on any atom is 0.416 e. The van der Waals surface area contributed by atoms with Crippen molar-refractivity contribution in [3.63, 3.8) is 0 Å². The van der Waals surface area contributed by atoms with Gasteiger partial charge in [0.15, 0.2) is 0 Å². The maximum absolute atomic E-state index is 13.2. The molecule has 6 nitrogen and oxygen atoms in total. The summed E-state index contributed by atoms with van der Waals surface area (Å²) in [5.74, 6) is -0.885. The van der Waals surface area contributed by atoms with Crippen molar-refractivity contribution in [2.75, 3.05) is 18.4 Å². The van der Waals surface area contributed by atoms with Gasteiger partial charge in [-0.1, -0.05) is 12.1 Å². The lowest BCUT2D eigenvalue weighted by atomic mass is 9.94. The lowest BCUT2D eigenvalue weighted by molar-refractivity contribution is -0.137. The number of nitrogens with zero attached hydrogens (tertiary/aromatic N) is 1. The molecule has 30 heavy (non-hydrogen) atoms. The Morgan fingerprint density at radius 1 is 1.10 bits per heavy atom. The molecule has 0 saturated carbocycles. The molecule has 2 atom stereocenters. The molecule has 10 heteroatoms. The van der Waals surface area contributed by atoms with E-state index in [-0.39, 0.29) is 18.8 Å². The highest BCUT2D eigenvalue weighted by atomic mass is 19.4. The Balaban J connectivity index is 1.76. The molecule has 1 heterocycles. The van der Waals surface area contributed by atoms with Gasteiger partial charge in [-0.2, -0.15) is 13.2 Å². The van der Waals surface area contributed by atoms with Gasteiger partial charge in [-0.25, -0.2) is 14.0 Å². The molecule has 2 aromatic rings. The Hall–Kier alpha value is -3.30. The summed E-state index contributed by atoms with van der Waals surface area (Å²) in [4.78, 5) is 24.9. The van der Waals surface area contributed by atoms with Crippen LogP contribution in [0.3, 0.4) is 0 Å². The molecular weight excluding hydrogens is 406 g/mol. The van der Waals surface area contributed by atoms with E-state index in [4.69, 9.17) is 0 Å². The third kappa shape index (κ3) is 5.00. The van der Waals surface area contributed by atoms with Crippen LogP contribution in [0.2, 0.25) is 0 Å². The average Bonchev–Trinajstić information content (AvgIpc) is 3.05. The van der Waals surface area contributed by atoms with Crippen LogP contribution < -0.4 is 10.6 Å². The third-order valence-corrected chi connectivity index (χ3v) is 4.87. The first-order valence-electron chi connectivity index (χ1n) is 9.02. The topological polar surface area (TPSA) is 81.7 Å². The summed E-state index contributed by atoms with van der Waals surface area (Å²) in [6, 6.07) is 7.27. The van der Waals surface area contributed by atoms with Crippen LogP contribution in [-0.2, 0) is 6.18 Å². The van der Waals surface area contributed by atoms with Crippen LogP contribution in [0.1, 0.15) is 22.6 Å². The Morgan fingerprint density at radius 2 is 1.77 bits per heavy atom. The number of alkyl halides is 3. The molecule has 0 bridgehead atoms. The van der Waals surface area contributed by atoms with Gasteiger partial charge in [-0.3, -0.25) is 0 Å². The molecule has 3 rings (SSSR count). The number of hydrogen-bond acceptors (Lipinski definition) is 2. The quantitative estimate of drug-likeness (QED) is 0.637. The molecule has 1 aliphatic heterocycles. The number of hydrogen-bond donors (Lipinski definition) is 3. The summed E-state index contributed by atoms with van der Waals surface area (Å²) in [6.07, 6.45) is -5.72. The average molecular weight is 425 g/mol. The second kappa shape index (κ2) is 8.21. The van der Waals surface area contributed by atoms with Crippen LogP contribution in [0, 0.1) is 12.7 Å². The Kier molecular flexibility index (Phi) is 5.86. The van der Waals surface area contributed by atoms with Gasteiger partial charge in [-0.15, -0.1) is 0 Å². The van der Waals surface area contributed by atoms with Crippen molar-refractivity contribution in [1.29, 1.82) is 0 Å². The van der Waals surface area contributed by atoms with Gasteiger partial charge in [0.2, 0.25) is 0 Å². The smallest absolute Gasteiger partial charge is 0.416 e. The van der Waals surface area contributed by atoms with E-state index in [0.29, 0.717) is 11.1 Å². The number of benzene rings is 2. The SMILES string of the molecule is Cc1cc(NC(=O)N[C@@H]2CN(C(=O)O)C[C@H]2c2ccc(F)cc2)cc(C(F)(F)F)c1. The van der Waals surface area contributed by atoms with E-state index in [2.05, 4.69) is 10.6 Å². The lowest BCUT2D eigenvalue weighted by Crippen LogP contribution is -2.42. The van der Waals surface area contributed by atoms with Gasteiger partial charge in [-0.05, 0) is 48.4 Å². The van der Waals surface area contributed by atoms with Crippen LogP contribution in [0.5, 0.6) is 0 Å². The third-order valence-electron chi connectivity index (χ3n) is 4.87. The number of anilines is 1. The lowest BCUT2D eigenvalue weighted by Gasteiger charge is -2.20. The number of urea groups is 1. The van der Waals surface area contributed by atoms with Gasteiger partial charge < -0.3 is 20.6 Å². The fourth-order valence-electron chi connectivity index (χ4n) is 3.51. The van der Waals surface area contributed by atoms with Crippen molar-refractivity contribution in [2.45, 2.75) is 25.1 Å². The predicted octanol–water partition coefficient (Wildman–Crippen LogP) is 4.42. The minimum atomic E-state index is -4.56. The first kappa shape index (κ1) is 21.4. The van der Waals surface area contributed by atoms with Gasteiger partial charge >= 0.3 is 18.3 Å². The van der Waals surface area contributed by atoms with Crippen LogP contribution in [-0.4, -0.2) is 41.3 Å². The van der Waals surface area contributed by atoms with Gasteiger partial charge in [0.25, 0.3) is 0 Å². The number of halogens is 4. The molecule has 1 saturated heterocycles. The number of nitrogens with one attached hydrogen (secondary N) is 2. The molecule has 2 aromatic carbocycles. The van der Waals surface area contributed by atoms with Crippen molar-refractivity contribution < 1.29 is 32.3 Å². The van der Waals surface area contributed by atoms with Crippen LogP contribution >= 0.6 is 0 Å². The summed E-state index contributed by atoms with van der Waals surface area (Å²) < 4.78 is 52.2. The van der Waals surface area contributed by atoms with Crippen molar-refractivity contribution in [1.82, 2.24) is 10.2 Å². The number of likely N-dealkylation sites (tertiary alicyclic amines) is 1. The first-order chi connectivity index (χ1) is 14.0. The predicted molar refractivity (Wildman–Crippen MR) is 101 cm³/mol. The van der Waals surface area contributed by atoms with Crippen molar-refractivity contribution in [3.8, 4) is 0 Å². The number of amides is 3. The van der Waals surface area contributed by atoms with Crippen molar-refractivity contribution in [2.24, 2.45) is 0 Å². The van der Waals surface area contributed by atoms with Gasteiger partial charge in [0.1, 0.15) is 5.82 Å². The monoisotopic (exact) mass is 425 g/mol. The zero-order valence-electron chi connectivity index (χ0n) is 15.8. The number of carbonyl (C=O) groups is 2. The van der Waals surface area contributed by atoms with E-state index in [1.54, 1.807) is 0 Å². The highest BCUT2D eigenvalue weighted by molar-refractivity contribution is 5.90. The van der Waals surface area contributed by atoms with E-state index in [9.17, 15) is 32.3 Å². The zero-order valence-corrected chi connectivity index (χ0v) is 15.8. The van der Waals surface area contributed by atoms with E-state index < -0.39 is 41.6 Å². The van der Waals surface area contributed by atoms with Crippen LogP contribution in [0.4, 0.5) is 32.8 Å². The van der Waals surface area contributed by atoms with E-state index in [0.717, 1.165) is 17.0 Å². The number of carboxylic acid groups (broad SMARTS) is 1. The first-order valence-corrected chi connectivity index (χ1v) is 9.02. The van der Waals surface area contributed by atoms with E-state index in [1.807, 2.05) is 0 Å². The summed E-state index contributed by atoms with van der Waals surface area (Å²) in [5, 5.41) is 14.3. The minimum absolute atomic E-state index is 0.00752. The van der Waals surface area contributed by atoms with Gasteiger partial charge in [0.05, 0.1) is 11.6 Å². The molecule has 0 spiro atoms. The van der Waals surface area contributed by atoms with E-state index in [1.165, 1.54) is 37.3 Å². The molecule has 0 aromatic heterocycles. The van der Waals surface area contributed by atoms with Crippen molar-refractivity contribution >= 4 is 17.8 Å². The molecule has 3 N–H and O–H groups in total. The second-order valence-electron chi connectivity index (χ2n) is 7.14. The number of rotatable bonds is 3. The standard InChI is InChI=1S/C20H19F4N3O3/c1-11-6-13(20(22,23)24)8-15(7-11)25-18(28)26-17-10-27(19(29)30)9-16(17)12-2-4-14(21)5-3-12/h2-8,16-17H,9-10H2,1H3,(H,29,30)(H2,25,26,28)/t16-,17+/m0/s1. The molecule has 0 aliphatic carbocycles. The normalized spacial score (nSPS) is 18.9. The molecule has 1 fully saturated rings. The largest absolute Gasteiger partial charge is 0.465 e. The molecule has 1 aliphatic rings. The van der Waals surface area contributed by atoms with Crippen LogP contribution in [0.15, 0.2) is 42.5 Å². The van der Waals surface area contributed by atoms with E-state index >= 15 is 0 Å². The fraction of sp³-hybridized carbons (Fsp3) is 0.300. The fourth-order valence-corrected chi connectivity index (χ4v) is 3.51. The minimum Gasteiger partial charge on any atom is -0.465 e. The summed E-state index contributed by atoms with van der Waals surface area (Å²) >= 11 is 0. The Bertz CT molecular complexity index is 947. The molecule has 0 unspecified atom stereocenters. The van der Waals surface area contributed by atoms with Crippen molar-refractivity contribution in [3.05, 3.63) is 65.0 Å². The summed E-state index contributed by atoms with van der Waals surface area (Å²) in [7, 11) is 0. The highest BCUT2D eigenvalue weighted by Crippen LogP contribution is 2.32. The molecule has 160 valence electrons. The van der Waals surface area contributed by atoms with Crippen LogP contribution in [0.25, 0.3) is 0 Å². The number of carbonyl (C=O) groups excluding carboxylic acids is 1. The Labute approximate surface area is 169 Å². The molecular formula is C20H19F4N3O3. The zero-order chi connectivity index (χ0) is 22.1. The highest BCUT2D eigenvalue weighted by Gasteiger charge is 2.37. The molecule has 0 radical (unpaired) electrons. The Morgan fingerprint density at radius 3 is 2.37 bits per heavy atom. The molecule has 3 amide bonds. The second-order valence-corrected chi connectivity index (χ2v) is 7.14. The van der Waals surface area contributed by atoms with Gasteiger partial charge in [0, 0.05) is 24.7 Å². The maximum atomic E-state index is 13.2. The number of aryl methyl sites for hydroxylation is 1. The summed E-state index contributed by atoms with van der Waals surface area (Å²) in [5.41, 5.74) is 0.0359. The summed E-state index contributed by atoms with van der Waals surface area (Å²) in [6.45, 7) is 1.56.